The summed E-state index contributed by atoms with van der Waals surface area (Å²) in [6.45, 7) is 8.46. The van der Waals surface area contributed by atoms with Crippen LogP contribution in [0.3, 0.4) is 0 Å². The first-order valence-corrected chi connectivity index (χ1v) is 6.47. The lowest BCUT2D eigenvalue weighted by Crippen LogP contribution is -2.29. The van der Waals surface area contributed by atoms with Crippen LogP contribution in [-0.4, -0.2) is 22.7 Å². The molecule has 0 saturated heterocycles. The summed E-state index contributed by atoms with van der Waals surface area (Å²) < 4.78 is 0. The van der Waals surface area contributed by atoms with Gasteiger partial charge in [0.15, 0.2) is 11.5 Å². The predicted octanol–water partition coefficient (Wildman–Crippen LogP) is 2.50. The van der Waals surface area contributed by atoms with E-state index in [0.717, 1.165) is 11.1 Å². The molecule has 4 heteroatoms. The zero-order chi connectivity index (χ0) is 14.6. The minimum absolute atomic E-state index is 0.0171. The van der Waals surface area contributed by atoms with Gasteiger partial charge in [-0.05, 0) is 42.0 Å². The highest BCUT2D eigenvalue weighted by atomic mass is 16.3. The molecular formula is C15H23NO3. The van der Waals surface area contributed by atoms with Gasteiger partial charge in [-0.2, -0.15) is 0 Å². The van der Waals surface area contributed by atoms with Crippen LogP contribution in [0.5, 0.6) is 11.5 Å². The number of hydrogen-bond donors (Lipinski definition) is 3. The molecule has 1 amide bonds. The van der Waals surface area contributed by atoms with E-state index in [1.807, 2.05) is 27.7 Å². The van der Waals surface area contributed by atoms with Crippen molar-refractivity contribution in [1.29, 1.82) is 0 Å². The largest absolute Gasteiger partial charge is 0.504 e. The highest BCUT2D eigenvalue weighted by molar-refractivity contribution is 5.76. The Kier molecular flexibility index (Phi) is 4.81. The van der Waals surface area contributed by atoms with Crippen molar-refractivity contribution in [3.63, 3.8) is 0 Å². The molecule has 0 unspecified atom stereocenters. The summed E-state index contributed by atoms with van der Waals surface area (Å²) in [7, 11) is 0. The van der Waals surface area contributed by atoms with Crippen molar-refractivity contribution in [1.82, 2.24) is 5.32 Å². The first-order valence-electron chi connectivity index (χ1n) is 6.47. The Morgan fingerprint density at radius 1 is 1.21 bits per heavy atom. The van der Waals surface area contributed by atoms with E-state index >= 15 is 0 Å². The molecule has 0 saturated carbocycles. The standard InChI is InChI=1S/C15H23NO3/c1-10-7-12(17)13(18)8-11(10)5-6-16-14(19)9-15(2,3)4/h7-8,17-18H,5-6,9H2,1-4H3,(H,16,19). The third-order valence-corrected chi connectivity index (χ3v) is 2.84. The molecule has 0 heterocycles. The van der Waals surface area contributed by atoms with Crippen LogP contribution in [-0.2, 0) is 11.2 Å². The van der Waals surface area contributed by atoms with Crippen LogP contribution in [0.15, 0.2) is 12.1 Å². The van der Waals surface area contributed by atoms with Crippen LogP contribution < -0.4 is 5.32 Å². The van der Waals surface area contributed by atoms with Gasteiger partial charge in [0.1, 0.15) is 0 Å². The molecule has 0 aliphatic carbocycles. The molecular weight excluding hydrogens is 242 g/mol. The van der Waals surface area contributed by atoms with Gasteiger partial charge in [-0.3, -0.25) is 4.79 Å². The molecule has 0 bridgehead atoms. The van der Waals surface area contributed by atoms with Gasteiger partial charge in [0.05, 0.1) is 0 Å². The normalized spacial score (nSPS) is 11.4. The van der Waals surface area contributed by atoms with Gasteiger partial charge < -0.3 is 15.5 Å². The fourth-order valence-corrected chi connectivity index (χ4v) is 1.87. The predicted molar refractivity (Wildman–Crippen MR) is 75.3 cm³/mol. The second-order valence-corrected chi connectivity index (χ2v) is 6.10. The summed E-state index contributed by atoms with van der Waals surface area (Å²) in [6, 6.07) is 3.07. The van der Waals surface area contributed by atoms with Gasteiger partial charge in [0.25, 0.3) is 0 Å². The number of phenolic OH excluding ortho intramolecular Hbond substituents is 2. The van der Waals surface area contributed by atoms with Crippen molar-refractivity contribution < 1.29 is 15.0 Å². The van der Waals surface area contributed by atoms with Crippen LogP contribution in [0.1, 0.15) is 38.3 Å². The molecule has 1 aromatic carbocycles. The Bertz CT molecular complexity index is 461. The smallest absolute Gasteiger partial charge is 0.220 e. The minimum Gasteiger partial charge on any atom is -0.504 e. The zero-order valence-electron chi connectivity index (χ0n) is 12.1. The van der Waals surface area contributed by atoms with E-state index in [9.17, 15) is 15.0 Å². The molecule has 4 nitrogen and oxygen atoms in total. The number of phenols is 2. The summed E-state index contributed by atoms with van der Waals surface area (Å²) in [4.78, 5) is 11.7. The Morgan fingerprint density at radius 3 is 2.37 bits per heavy atom. The summed E-state index contributed by atoms with van der Waals surface area (Å²) >= 11 is 0. The van der Waals surface area contributed by atoms with Gasteiger partial charge in [-0.15, -0.1) is 0 Å². The van der Waals surface area contributed by atoms with Crippen molar-refractivity contribution in [2.45, 2.75) is 40.5 Å². The first kappa shape index (κ1) is 15.3. The van der Waals surface area contributed by atoms with Gasteiger partial charge >= 0.3 is 0 Å². The molecule has 0 aromatic heterocycles. The molecule has 0 radical (unpaired) electrons. The molecule has 1 rings (SSSR count). The van der Waals surface area contributed by atoms with Crippen molar-refractivity contribution in [2.24, 2.45) is 5.41 Å². The summed E-state index contributed by atoms with van der Waals surface area (Å²) in [6.07, 6.45) is 1.13. The number of carbonyl (C=O) groups excluding carboxylic acids is 1. The lowest BCUT2D eigenvalue weighted by molar-refractivity contribution is -0.122. The molecule has 0 aliphatic rings. The zero-order valence-corrected chi connectivity index (χ0v) is 12.1. The SMILES string of the molecule is Cc1cc(O)c(O)cc1CCNC(=O)CC(C)(C)C. The summed E-state index contributed by atoms with van der Waals surface area (Å²) in [5.74, 6) is -0.201. The topological polar surface area (TPSA) is 69.6 Å². The van der Waals surface area contributed by atoms with Crippen molar-refractivity contribution >= 4 is 5.91 Å². The number of benzene rings is 1. The molecule has 0 atom stereocenters. The average molecular weight is 265 g/mol. The number of rotatable bonds is 4. The third kappa shape index (κ3) is 5.20. The highest BCUT2D eigenvalue weighted by Crippen LogP contribution is 2.28. The minimum atomic E-state index is -0.124. The molecule has 0 fully saturated rings. The van der Waals surface area contributed by atoms with Crippen LogP contribution in [0.2, 0.25) is 0 Å². The van der Waals surface area contributed by atoms with Gasteiger partial charge in [-0.1, -0.05) is 20.8 Å². The van der Waals surface area contributed by atoms with Crippen molar-refractivity contribution in [2.75, 3.05) is 6.54 Å². The fourth-order valence-electron chi connectivity index (χ4n) is 1.87. The fraction of sp³-hybridized carbons (Fsp3) is 0.533. The number of hydrogen-bond acceptors (Lipinski definition) is 3. The van der Waals surface area contributed by atoms with Gasteiger partial charge in [0, 0.05) is 13.0 Å². The van der Waals surface area contributed by atoms with Gasteiger partial charge in [0.2, 0.25) is 5.91 Å². The number of nitrogens with one attached hydrogen (secondary N) is 1. The molecule has 0 spiro atoms. The van der Waals surface area contributed by atoms with Gasteiger partial charge in [-0.25, -0.2) is 0 Å². The van der Waals surface area contributed by atoms with Crippen LogP contribution >= 0.6 is 0 Å². The number of carbonyl (C=O) groups is 1. The third-order valence-electron chi connectivity index (χ3n) is 2.84. The van der Waals surface area contributed by atoms with Crippen LogP contribution in [0.4, 0.5) is 0 Å². The number of aromatic hydroxyl groups is 2. The monoisotopic (exact) mass is 265 g/mol. The summed E-state index contributed by atoms with van der Waals surface area (Å²) in [5, 5.41) is 21.7. The first-order chi connectivity index (χ1) is 8.69. The molecule has 0 aliphatic heterocycles. The average Bonchev–Trinajstić information content (AvgIpc) is 2.22. The maximum absolute atomic E-state index is 11.7. The van der Waals surface area contributed by atoms with E-state index in [0.29, 0.717) is 19.4 Å². The lowest BCUT2D eigenvalue weighted by Gasteiger charge is -2.17. The Hall–Kier alpha value is -1.71. The molecule has 1 aromatic rings. The number of aryl methyl sites for hydroxylation is 1. The molecule has 19 heavy (non-hydrogen) atoms. The van der Waals surface area contributed by atoms with Crippen molar-refractivity contribution in [3.8, 4) is 11.5 Å². The van der Waals surface area contributed by atoms with E-state index in [-0.39, 0.29) is 22.8 Å². The van der Waals surface area contributed by atoms with E-state index in [1.54, 1.807) is 6.07 Å². The van der Waals surface area contributed by atoms with E-state index in [4.69, 9.17) is 0 Å². The maximum Gasteiger partial charge on any atom is 0.220 e. The van der Waals surface area contributed by atoms with E-state index in [1.165, 1.54) is 6.07 Å². The Labute approximate surface area is 114 Å². The Balaban J connectivity index is 2.50. The van der Waals surface area contributed by atoms with Crippen LogP contribution in [0, 0.1) is 12.3 Å². The number of amides is 1. The molecule has 3 N–H and O–H groups in total. The van der Waals surface area contributed by atoms with E-state index in [2.05, 4.69) is 5.32 Å². The lowest BCUT2D eigenvalue weighted by atomic mass is 9.92. The summed E-state index contributed by atoms with van der Waals surface area (Å²) in [5.41, 5.74) is 1.81. The van der Waals surface area contributed by atoms with Crippen LogP contribution in [0.25, 0.3) is 0 Å². The second-order valence-electron chi connectivity index (χ2n) is 6.10. The molecule has 106 valence electrons. The van der Waals surface area contributed by atoms with E-state index < -0.39 is 0 Å². The maximum atomic E-state index is 11.7. The Morgan fingerprint density at radius 2 is 1.79 bits per heavy atom. The highest BCUT2D eigenvalue weighted by Gasteiger charge is 2.15. The van der Waals surface area contributed by atoms with Crippen molar-refractivity contribution in [3.05, 3.63) is 23.3 Å². The quantitative estimate of drug-likeness (QED) is 0.733. The second kappa shape index (κ2) is 5.95.